The summed E-state index contributed by atoms with van der Waals surface area (Å²) in [6.45, 7) is 7.22. The zero-order valence-corrected chi connectivity index (χ0v) is 15.3. The van der Waals surface area contributed by atoms with Crippen molar-refractivity contribution < 1.29 is 14.3 Å². The molecule has 0 heterocycles. The molecule has 3 nitrogen and oxygen atoms in total. The van der Waals surface area contributed by atoms with Gasteiger partial charge in [-0.15, -0.1) is 0 Å². The van der Waals surface area contributed by atoms with Crippen molar-refractivity contribution in [2.45, 2.75) is 78.2 Å². The zero-order chi connectivity index (χ0) is 15.9. The van der Waals surface area contributed by atoms with E-state index in [4.69, 9.17) is 4.52 Å². The molecule has 0 bridgehead atoms. The van der Waals surface area contributed by atoms with Gasteiger partial charge < -0.3 is 14.3 Å². The normalized spacial score (nSPS) is 48.8. The lowest BCUT2D eigenvalue weighted by Gasteiger charge is -2.60. The lowest BCUT2D eigenvalue weighted by Crippen LogP contribution is -2.56. The third-order valence-corrected chi connectivity index (χ3v) is 8.03. The Morgan fingerprint density at radius 3 is 2.64 bits per heavy atom. The zero-order valence-electron chi connectivity index (χ0n) is 14.4. The van der Waals surface area contributed by atoms with Crippen molar-refractivity contribution >= 4 is 8.60 Å². The van der Waals surface area contributed by atoms with Gasteiger partial charge in [0, 0.05) is 0 Å². The summed E-state index contributed by atoms with van der Waals surface area (Å²) < 4.78 is 5.71. The summed E-state index contributed by atoms with van der Waals surface area (Å²) in [7, 11) is -2.24. The van der Waals surface area contributed by atoms with Crippen LogP contribution in [0.5, 0.6) is 0 Å². The highest BCUT2D eigenvalue weighted by Gasteiger charge is 2.56. The Morgan fingerprint density at radius 2 is 1.95 bits per heavy atom. The Hall–Kier alpha value is 0.310. The Morgan fingerprint density at radius 1 is 1.18 bits per heavy atom. The van der Waals surface area contributed by atoms with Crippen LogP contribution in [-0.2, 0) is 4.52 Å². The first kappa shape index (κ1) is 17.1. The Bertz CT molecular complexity index is 389. The van der Waals surface area contributed by atoms with Crippen LogP contribution in [0.15, 0.2) is 0 Å². The molecule has 3 fully saturated rings. The summed E-state index contributed by atoms with van der Waals surface area (Å²) >= 11 is 0. The van der Waals surface area contributed by atoms with E-state index in [1.54, 1.807) is 0 Å². The molecule has 3 rings (SSSR count). The molecule has 0 aromatic carbocycles. The predicted octanol–water partition coefficient (Wildman–Crippen LogP) is 4.87. The van der Waals surface area contributed by atoms with Crippen molar-refractivity contribution in [2.75, 3.05) is 0 Å². The smallest absolute Gasteiger partial charge is 0.327 e. The summed E-state index contributed by atoms with van der Waals surface area (Å²) in [4.78, 5) is 19.0. The van der Waals surface area contributed by atoms with Crippen LogP contribution in [0, 0.1) is 35.0 Å². The van der Waals surface area contributed by atoms with Crippen LogP contribution in [0.4, 0.5) is 0 Å². The SMILES string of the molecule is CCC1C(C)CCC2[C@H]1C(OP(O)O)CC1CCCC[C@@]12C. The van der Waals surface area contributed by atoms with Crippen molar-refractivity contribution in [3.63, 3.8) is 0 Å². The Kier molecular flexibility index (Phi) is 5.20. The van der Waals surface area contributed by atoms with Crippen molar-refractivity contribution in [1.82, 2.24) is 0 Å². The van der Waals surface area contributed by atoms with Crippen LogP contribution in [-0.4, -0.2) is 15.9 Å². The predicted molar refractivity (Wildman–Crippen MR) is 90.1 cm³/mol. The van der Waals surface area contributed by atoms with E-state index < -0.39 is 8.60 Å². The van der Waals surface area contributed by atoms with Crippen LogP contribution in [0.25, 0.3) is 0 Å². The van der Waals surface area contributed by atoms with E-state index in [1.807, 2.05) is 0 Å². The molecule has 3 aliphatic rings. The second-order valence-electron chi connectivity index (χ2n) is 8.39. The van der Waals surface area contributed by atoms with Gasteiger partial charge in [-0.2, -0.15) is 0 Å². The lowest BCUT2D eigenvalue weighted by atomic mass is 9.46. The minimum Gasteiger partial charge on any atom is -0.328 e. The average molecular weight is 328 g/mol. The molecule has 0 aliphatic heterocycles. The largest absolute Gasteiger partial charge is 0.328 e. The second-order valence-corrected chi connectivity index (χ2v) is 9.11. The maximum Gasteiger partial charge on any atom is 0.327 e. The third kappa shape index (κ3) is 2.88. The monoisotopic (exact) mass is 328 g/mol. The van der Waals surface area contributed by atoms with Gasteiger partial charge in [0.25, 0.3) is 0 Å². The van der Waals surface area contributed by atoms with Crippen molar-refractivity contribution in [2.24, 2.45) is 35.0 Å². The van der Waals surface area contributed by atoms with Gasteiger partial charge in [-0.25, -0.2) is 0 Å². The first-order chi connectivity index (χ1) is 10.5. The summed E-state index contributed by atoms with van der Waals surface area (Å²) in [5.74, 6) is 3.38. The fourth-order valence-electron chi connectivity index (χ4n) is 6.48. The van der Waals surface area contributed by atoms with Crippen molar-refractivity contribution in [1.29, 1.82) is 0 Å². The first-order valence-corrected chi connectivity index (χ1v) is 10.5. The summed E-state index contributed by atoms with van der Waals surface area (Å²) in [6, 6.07) is 0. The van der Waals surface area contributed by atoms with Crippen LogP contribution in [0.2, 0.25) is 0 Å². The van der Waals surface area contributed by atoms with E-state index in [0.29, 0.717) is 29.1 Å². The first-order valence-electron chi connectivity index (χ1n) is 9.32. The van der Waals surface area contributed by atoms with Crippen molar-refractivity contribution in [3.8, 4) is 0 Å². The van der Waals surface area contributed by atoms with E-state index in [0.717, 1.165) is 12.3 Å². The molecule has 0 aromatic rings. The van der Waals surface area contributed by atoms with E-state index >= 15 is 0 Å². The fraction of sp³-hybridized carbons (Fsp3) is 1.00. The molecule has 128 valence electrons. The molecule has 0 radical (unpaired) electrons. The molecular weight excluding hydrogens is 295 g/mol. The van der Waals surface area contributed by atoms with Gasteiger partial charge in [0.15, 0.2) is 0 Å². The summed E-state index contributed by atoms with van der Waals surface area (Å²) in [5.41, 5.74) is 0.462. The molecule has 7 atom stereocenters. The highest BCUT2D eigenvalue weighted by molar-refractivity contribution is 7.39. The minimum atomic E-state index is -2.24. The Labute approximate surface area is 136 Å². The molecule has 0 aromatic heterocycles. The molecule has 0 saturated heterocycles. The second kappa shape index (κ2) is 6.67. The standard InChI is InChI=1S/C18H33O3P/c1-4-14-12(2)8-9-15-17(14)16(21-22(19)20)11-13-7-5-6-10-18(13,15)3/h12-17,19-20H,4-11H2,1-3H3/t12?,13?,14?,15?,16?,17-,18-/m0/s1. The van der Waals surface area contributed by atoms with Crippen LogP contribution < -0.4 is 0 Å². The number of rotatable bonds is 3. The minimum absolute atomic E-state index is 0.0648. The van der Waals surface area contributed by atoms with Gasteiger partial charge in [0.05, 0.1) is 6.10 Å². The van der Waals surface area contributed by atoms with Gasteiger partial charge in [-0.1, -0.05) is 46.5 Å². The topological polar surface area (TPSA) is 49.7 Å². The molecule has 22 heavy (non-hydrogen) atoms. The Balaban J connectivity index is 1.92. The van der Waals surface area contributed by atoms with Crippen LogP contribution in [0.1, 0.15) is 72.1 Å². The van der Waals surface area contributed by atoms with Crippen LogP contribution >= 0.6 is 8.60 Å². The quantitative estimate of drug-likeness (QED) is 0.727. The highest BCUT2D eigenvalue weighted by Crippen LogP contribution is 2.62. The van der Waals surface area contributed by atoms with Gasteiger partial charge in [-0.3, -0.25) is 0 Å². The molecule has 5 unspecified atom stereocenters. The van der Waals surface area contributed by atoms with Crippen molar-refractivity contribution in [3.05, 3.63) is 0 Å². The molecule has 0 amide bonds. The van der Waals surface area contributed by atoms with Gasteiger partial charge >= 0.3 is 8.60 Å². The van der Waals surface area contributed by atoms with E-state index in [1.165, 1.54) is 44.9 Å². The van der Waals surface area contributed by atoms with E-state index in [9.17, 15) is 9.79 Å². The van der Waals surface area contributed by atoms with E-state index in [2.05, 4.69) is 20.8 Å². The maximum atomic E-state index is 9.48. The summed E-state index contributed by atoms with van der Waals surface area (Å²) in [5, 5.41) is 0. The molecular formula is C18H33O3P. The molecule has 3 aliphatic carbocycles. The van der Waals surface area contributed by atoms with Gasteiger partial charge in [0.1, 0.15) is 0 Å². The lowest BCUT2D eigenvalue weighted by molar-refractivity contribution is -0.140. The molecule has 0 spiro atoms. The third-order valence-electron chi connectivity index (χ3n) is 7.57. The van der Waals surface area contributed by atoms with Gasteiger partial charge in [0.2, 0.25) is 0 Å². The average Bonchev–Trinajstić information content (AvgIpc) is 2.47. The fourth-order valence-corrected chi connectivity index (χ4v) is 6.95. The molecule has 2 N–H and O–H groups in total. The van der Waals surface area contributed by atoms with Gasteiger partial charge in [-0.05, 0) is 60.7 Å². The summed E-state index contributed by atoms with van der Waals surface area (Å²) in [6.07, 6.45) is 10.3. The van der Waals surface area contributed by atoms with Crippen LogP contribution in [0.3, 0.4) is 0 Å². The molecule has 4 heteroatoms. The number of hydrogen-bond acceptors (Lipinski definition) is 3. The maximum absolute atomic E-state index is 9.48. The number of hydrogen-bond donors (Lipinski definition) is 2. The molecule has 3 saturated carbocycles. The van der Waals surface area contributed by atoms with E-state index in [-0.39, 0.29) is 6.10 Å². The highest BCUT2D eigenvalue weighted by atomic mass is 31.2. The number of fused-ring (bicyclic) bond motifs is 3.